The molecule has 19 heavy (non-hydrogen) atoms. The topological polar surface area (TPSA) is 69.4 Å². The Morgan fingerprint density at radius 2 is 2.16 bits per heavy atom. The summed E-state index contributed by atoms with van der Waals surface area (Å²) in [5.41, 5.74) is 8.24. The highest BCUT2D eigenvalue weighted by atomic mass is 32.2. The van der Waals surface area contributed by atoms with Crippen molar-refractivity contribution in [2.45, 2.75) is 37.5 Å². The lowest BCUT2D eigenvalue weighted by Gasteiger charge is -2.31. The molecule has 0 saturated carbocycles. The maximum atomic E-state index is 12.2. The highest BCUT2D eigenvalue weighted by Crippen LogP contribution is 2.34. The van der Waals surface area contributed by atoms with Crippen LogP contribution < -0.4 is 10.5 Å². The zero-order valence-corrected chi connectivity index (χ0v) is 12.2. The Morgan fingerprint density at radius 3 is 2.79 bits per heavy atom. The molecule has 0 radical (unpaired) electrons. The molecule has 4 nitrogen and oxygen atoms in total. The molecule has 0 fully saturated rings. The van der Waals surface area contributed by atoms with Gasteiger partial charge in [0.25, 0.3) is 0 Å². The van der Waals surface area contributed by atoms with E-state index in [2.05, 4.69) is 0 Å². The van der Waals surface area contributed by atoms with Gasteiger partial charge in [-0.25, -0.2) is 8.42 Å². The van der Waals surface area contributed by atoms with E-state index in [-0.39, 0.29) is 5.75 Å². The Hall–Kier alpha value is -1.07. The molecule has 0 aromatic heterocycles. The first-order chi connectivity index (χ1) is 8.99. The molecule has 0 bridgehead atoms. The van der Waals surface area contributed by atoms with Crippen LogP contribution in [-0.4, -0.2) is 26.5 Å². The minimum atomic E-state index is -3.11. The quantitative estimate of drug-likeness (QED) is 0.915. The van der Waals surface area contributed by atoms with Gasteiger partial charge in [-0.05, 0) is 42.5 Å². The number of sulfone groups is 1. The Balaban J connectivity index is 2.35. The van der Waals surface area contributed by atoms with Gasteiger partial charge in [0.15, 0.2) is 9.84 Å². The molecular weight excluding hydrogens is 262 g/mol. The second kappa shape index (κ2) is 5.51. The first kappa shape index (κ1) is 14.3. The summed E-state index contributed by atoms with van der Waals surface area (Å²) in [5.74, 6) is 0.938. The summed E-state index contributed by atoms with van der Waals surface area (Å²) in [5, 5.41) is -0.466. The molecule has 2 rings (SSSR count). The standard InChI is InChI=1S/C14H21NO3S/c1-3-8-19(16,17)13-7-5-10-4-6-11(18-2)9-12(10)14(13)15/h4,6,9,13-14H,3,5,7-8,15H2,1-2H3. The van der Waals surface area contributed by atoms with Gasteiger partial charge >= 0.3 is 0 Å². The Bertz CT molecular complexity index is 554. The number of aryl methyl sites for hydroxylation is 1. The molecule has 0 aliphatic heterocycles. The van der Waals surface area contributed by atoms with Crippen molar-refractivity contribution in [1.29, 1.82) is 0 Å². The van der Waals surface area contributed by atoms with Gasteiger partial charge in [-0.2, -0.15) is 0 Å². The van der Waals surface area contributed by atoms with Crippen LogP contribution in [0.2, 0.25) is 0 Å². The van der Waals surface area contributed by atoms with Crippen LogP contribution >= 0.6 is 0 Å². The smallest absolute Gasteiger partial charge is 0.155 e. The van der Waals surface area contributed by atoms with Crippen molar-refractivity contribution in [3.63, 3.8) is 0 Å². The van der Waals surface area contributed by atoms with E-state index < -0.39 is 21.1 Å². The number of fused-ring (bicyclic) bond motifs is 1. The molecule has 1 aliphatic rings. The fraction of sp³-hybridized carbons (Fsp3) is 0.571. The van der Waals surface area contributed by atoms with E-state index in [4.69, 9.17) is 10.5 Å². The first-order valence-corrected chi connectivity index (χ1v) is 8.35. The van der Waals surface area contributed by atoms with Crippen molar-refractivity contribution in [2.24, 2.45) is 5.73 Å². The normalized spacial score (nSPS) is 22.9. The molecule has 1 aliphatic carbocycles. The highest BCUT2D eigenvalue weighted by molar-refractivity contribution is 7.92. The second-order valence-electron chi connectivity index (χ2n) is 5.03. The number of nitrogens with two attached hydrogens (primary N) is 1. The number of hydrogen-bond donors (Lipinski definition) is 1. The molecule has 0 saturated heterocycles. The summed E-state index contributed by atoms with van der Waals surface area (Å²) >= 11 is 0. The van der Waals surface area contributed by atoms with E-state index in [1.165, 1.54) is 0 Å². The molecule has 0 heterocycles. The molecule has 2 atom stereocenters. The van der Waals surface area contributed by atoms with Gasteiger partial charge in [-0.3, -0.25) is 0 Å². The minimum absolute atomic E-state index is 0.213. The molecule has 2 N–H and O–H groups in total. The van der Waals surface area contributed by atoms with E-state index in [1.807, 2.05) is 25.1 Å². The van der Waals surface area contributed by atoms with Crippen molar-refractivity contribution >= 4 is 9.84 Å². The third-order valence-corrected chi connectivity index (χ3v) is 6.19. The van der Waals surface area contributed by atoms with Crippen LogP contribution in [0, 0.1) is 0 Å². The number of hydrogen-bond acceptors (Lipinski definition) is 4. The fourth-order valence-corrected chi connectivity index (χ4v) is 4.70. The first-order valence-electron chi connectivity index (χ1n) is 6.63. The van der Waals surface area contributed by atoms with E-state index in [1.54, 1.807) is 7.11 Å². The average molecular weight is 283 g/mol. The van der Waals surface area contributed by atoms with Crippen LogP contribution in [0.4, 0.5) is 0 Å². The molecule has 2 unspecified atom stereocenters. The molecule has 5 heteroatoms. The highest BCUT2D eigenvalue weighted by Gasteiger charge is 2.35. The molecule has 1 aromatic carbocycles. The van der Waals surface area contributed by atoms with Gasteiger partial charge in [0.1, 0.15) is 5.75 Å². The van der Waals surface area contributed by atoms with Crippen molar-refractivity contribution in [3.8, 4) is 5.75 Å². The Kier molecular flexibility index (Phi) is 4.16. The van der Waals surface area contributed by atoms with Gasteiger partial charge in [-0.1, -0.05) is 13.0 Å². The third kappa shape index (κ3) is 2.77. The summed E-state index contributed by atoms with van der Waals surface area (Å²) in [7, 11) is -1.51. The zero-order chi connectivity index (χ0) is 14.0. The summed E-state index contributed by atoms with van der Waals surface area (Å²) in [6, 6.07) is 5.30. The van der Waals surface area contributed by atoms with E-state index in [0.29, 0.717) is 12.8 Å². The maximum absolute atomic E-state index is 12.2. The predicted octanol–water partition coefficient (Wildman–Crippen LogP) is 1.83. The predicted molar refractivity (Wildman–Crippen MR) is 76.1 cm³/mol. The van der Waals surface area contributed by atoms with Gasteiger partial charge < -0.3 is 10.5 Å². The van der Waals surface area contributed by atoms with Crippen LogP contribution in [0.25, 0.3) is 0 Å². The number of ether oxygens (including phenoxy) is 1. The SMILES string of the molecule is CCCS(=O)(=O)C1CCc2ccc(OC)cc2C1N. The van der Waals surface area contributed by atoms with Gasteiger partial charge in [0, 0.05) is 6.04 Å². The zero-order valence-electron chi connectivity index (χ0n) is 11.4. The van der Waals surface area contributed by atoms with E-state index in [0.717, 1.165) is 23.3 Å². The lowest BCUT2D eigenvalue weighted by Crippen LogP contribution is -2.38. The van der Waals surface area contributed by atoms with Crippen LogP contribution in [0.5, 0.6) is 5.75 Å². The van der Waals surface area contributed by atoms with Crippen LogP contribution in [0.3, 0.4) is 0 Å². The summed E-state index contributed by atoms with van der Waals surface area (Å²) in [4.78, 5) is 0. The molecule has 0 amide bonds. The third-order valence-electron chi connectivity index (χ3n) is 3.76. The lowest BCUT2D eigenvalue weighted by molar-refractivity contribution is 0.412. The molecule has 1 aromatic rings. The Labute approximate surface area is 114 Å². The maximum Gasteiger partial charge on any atom is 0.155 e. The van der Waals surface area contributed by atoms with Crippen molar-refractivity contribution < 1.29 is 13.2 Å². The van der Waals surface area contributed by atoms with Crippen molar-refractivity contribution in [3.05, 3.63) is 29.3 Å². The second-order valence-corrected chi connectivity index (χ2v) is 7.37. The van der Waals surface area contributed by atoms with Crippen LogP contribution in [0.15, 0.2) is 18.2 Å². The minimum Gasteiger partial charge on any atom is -0.497 e. The largest absolute Gasteiger partial charge is 0.497 e. The van der Waals surface area contributed by atoms with Gasteiger partial charge in [0.05, 0.1) is 18.1 Å². The van der Waals surface area contributed by atoms with E-state index in [9.17, 15) is 8.42 Å². The average Bonchev–Trinajstić information content (AvgIpc) is 2.38. The number of benzene rings is 1. The van der Waals surface area contributed by atoms with Gasteiger partial charge in [0.2, 0.25) is 0 Å². The van der Waals surface area contributed by atoms with Crippen molar-refractivity contribution in [1.82, 2.24) is 0 Å². The molecule has 106 valence electrons. The monoisotopic (exact) mass is 283 g/mol. The molecular formula is C14H21NO3S. The van der Waals surface area contributed by atoms with Crippen molar-refractivity contribution in [2.75, 3.05) is 12.9 Å². The molecule has 0 spiro atoms. The lowest BCUT2D eigenvalue weighted by atomic mass is 9.87. The summed E-state index contributed by atoms with van der Waals surface area (Å²) in [6.07, 6.45) is 2.01. The summed E-state index contributed by atoms with van der Waals surface area (Å²) < 4.78 is 29.7. The van der Waals surface area contributed by atoms with Crippen LogP contribution in [-0.2, 0) is 16.3 Å². The van der Waals surface area contributed by atoms with Crippen LogP contribution in [0.1, 0.15) is 36.9 Å². The summed E-state index contributed by atoms with van der Waals surface area (Å²) in [6.45, 7) is 1.88. The number of rotatable bonds is 4. The number of methoxy groups -OCH3 is 1. The Morgan fingerprint density at radius 1 is 1.42 bits per heavy atom. The fourth-order valence-electron chi connectivity index (χ4n) is 2.75. The van der Waals surface area contributed by atoms with Gasteiger partial charge in [-0.15, -0.1) is 0 Å². The van der Waals surface area contributed by atoms with E-state index >= 15 is 0 Å².